The van der Waals surface area contributed by atoms with Crippen LogP contribution in [0.2, 0.25) is 5.02 Å². The van der Waals surface area contributed by atoms with E-state index < -0.39 is 9.84 Å². The fraction of sp³-hybridized carbons (Fsp3) is 0.500. The maximum atomic E-state index is 12.1. The molecule has 1 aliphatic heterocycles. The first-order chi connectivity index (χ1) is 9.90. The van der Waals surface area contributed by atoms with Crippen LogP contribution in [0.3, 0.4) is 0 Å². The predicted molar refractivity (Wildman–Crippen MR) is 85.8 cm³/mol. The molecule has 0 N–H and O–H groups in total. The van der Waals surface area contributed by atoms with Crippen LogP contribution in [0, 0.1) is 0 Å². The summed E-state index contributed by atoms with van der Waals surface area (Å²) >= 11 is 12.4. The van der Waals surface area contributed by atoms with Gasteiger partial charge in [-0.3, -0.25) is 0 Å². The lowest BCUT2D eigenvalue weighted by Crippen LogP contribution is -2.23. The Morgan fingerprint density at radius 1 is 1.48 bits per heavy atom. The maximum absolute atomic E-state index is 12.1. The number of alkyl halides is 1. The number of hydrogen-bond acceptors (Lipinski definition) is 3. The average molecular weight is 347 g/mol. The van der Waals surface area contributed by atoms with Crippen molar-refractivity contribution in [3.8, 4) is 0 Å². The zero-order valence-corrected chi connectivity index (χ0v) is 13.9. The summed E-state index contributed by atoms with van der Waals surface area (Å²) in [6.07, 6.45) is 1.42. The Balaban J connectivity index is 2.12. The molecule has 0 radical (unpaired) electrons. The van der Waals surface area contributed by atoms with Crippen LogP contribution >= 0.6 is 23.2 Å². The Kier molecular flexibility index (Phi) is 3.93. The first-order valence-electron chi connectivity index (χ1n) is 6.90. The van der Waals surface area contributed by atoms with E-state index >= 15 is 0 Å². The predicted octanol–water partition coefficient (Wildman–Crippen LogP) is 3.57. The third kappa shape index (κ3) is 2.67. The van der Waals surface area contributed by atoms with Crippen LogP contribution < -0.4 is 0 Å². The van der Waals surface area contributed by atoms with Gasteiger partial charge in [-0.25, -0.2) is 13.4 Å². The smallest absolute Gasteiger partial charge is 0.154 e. The minimum absolute atomic E-state index is 0.275. The molecule has 1 aliphatic rings. The number of sulfone groups is 1. The number of aromatic nitrogens is 2. The highest BCUT2D eigenvalue weighted by Gasteiger charge is 2.32. The van der Waals surface area contributed by atoms with Crippen LogP contribution in [-0.4, -0.2) is 29.0 Å². The molecule has 2 unspecified atom stereocenters. The Hall–Kier alpha value is -0.780. The molecule has 1 aromatic carbocycles. The molecule has 1 saturated heterocycles. The molecule has 2 atom stereocenters. The highest BCUT2D eigenvalue weighted by molar-refractivity contribution is 7.92. The van der Waals surface area contributed by atoms with E-state index in [4.69, 9.17) is 23.2 Å². The van der Waals surface area contributed by atoms with E-state index in [2.05, 4.69) is 4.98 Å². The average Bonchev–Trinajstić information content (AvgIpc) is 2.93. The molecule has 7 heteroatoms. The van der Waals surface area contributed by atoms with Crippen molar-refractivity contribution >= 4 is 44.1 Å². The second-order valence-electron chi connectivity index (χ2n) is 5.44. The quantitative estimate of drug-likeness (QED) is 0.798. The molecule has 0 aliphatic carbocycles. The van der Waals surface area contributed by atoms with Gasteiger partial charge in [-0.2, -0.15) is 0 Å². The molecule has 2 heterocycles. The van der Waals surface area contributed by atoms with Gasteiger partial charge in [-0.05, 0) is 31.9 Å². The lowest BCUT2D eigenvalue weighted by Gasteiger charge is -2.15. The fourth-order valence-electron chi connectivity index (χ4n) is 2.89. The number of rotatable bonds is 3. The number of hydrogen-bond donors (Lipinski definition) is 0. The standard InChI is InChI=1S/C14H16Cl2N2O2S/c1-9(15)14-17-13-11(16)5-2-6-12(13)18(14)8-10-4-3-7-21(10,19)20/h2,5-6,9-10H,3-4,7-8H2,1H3. The van der Waals surface area contributed by atoms with Gasteiger partial charge in [-0.1, -0.05) is 17.7 Å². The van der Waals surface area contributed by atoms with Crippen molar-refractivity contribution < 1.29 is 8.42 Å². The van der Waals surface area contributed by atoms with Crippen molar-refractivity contribution in [2.24, 2.45) is 0 Å². The van der Waals surface area contributed by atoms with Crippen LogP contribution in [0.5, 0.6) is 0 Å². The summed E-state index contributed by atoms with van der Waals surface area (Å²) in [5, 5.41) is -0.111. The summed E-state index contributed by atoms with van der Waals surface area (Å²) in [4.78, 5) is 4.51. The van der Waals surface area contributed by atoms with Crippen molar-refractivity contribution in [2.45, 2.75) is 36.9 Å². The molecule has 0 bridgehead atoms. The topological polar surface area (TPSA) is 52.0 Å². The Bertz CT molecular complexity index is 784. The molecule has 1 aromatic heterocycles. The molecule has 21 heavy (non-hydrogen) atoms. The van der Waals surface area contributed by atoms with Crippen LogP contribution in [0.1, 0.15) is 31.0 Å². The highest BCUT2D eigenvalue weighted by Crippen LogP contribution is 2.31. The molecule has 4 nitrogen and oxygen atoms in total. The van der Waals surface area contributed by atoms with Crippen molar-refractivity contribution in [3.63, 3.8) is 0 Å². The van der Waals surface area contributed by atoms with Gasteiger partial charge >= 0.3 is 0 Å². The van der Waals surface area contributed by atoms with E-state index in [0.29, 0.717) is 29.3 Å². The largest absolute Gasteiger partial charge is 0.325 e. The monoisotopic (exact) mass is 346 g/mol. The number of fused-ring (bicyclic) bond motifs is 1. The zero-order valence-electron chi connectivity index (χ0n) is 11.6. The van der Waals surface area contributed by atoms with E-state index in [1.807, 2.05) is 23.6 Å². The SMILES string of the molecule is CC(Cl)c1nc2c(Cl)cccc2n1CC1CCCS1(=O)=O. The van der Waals surface area contributed by atoms with Gasteiger partial charge in [0.05, 0.1) is 26.9 Å². The van der Waals surface area contributed by atoms with Crippen LogP contribution in [0.25, 0.3) is 11.0 Å². The van der Waals surface area contributed by atoms with Crippen LogP contribution in [0.4, 0.5) is 0 Å². The number of halogens is 2. The summed E-state index contributed by atoms with van der Waals surface area (Å²) in [6, 6.07) is 5.52. The minimum atomic E-state index is -3.01. The highest BCUT2D eigenvalue weighted by atomic mass is 35.5. The molecular formula is C14H16Cl2N2O2S. The van der Waals surface area contributed by atoms with Gasteiger partial charge in [0.2, 0.25) is 0 Å². The lowest BCUT2D eigenvalue weighted by atomic mass is 10.2. The van der Waals surface area contributed by atoms with Gasteiger partial charge in [0.1, 0.15) is 11.3 Å². The lowest BCUT2D eigenvalue weighted by molar-refractivity contribution is 0.562. The van der Waals surface area contributed by atoms with Crippen LogP contribution in [0.15, 0.2) is 18.2 Å². The number of para-hydroxylation sites is 1. The third-order valence-corrected chi connectivity index (χ3v) is 6.72. The van der Waals surface area contributed by atoms with Crippen LogP contribution in [-0.2, 0) is 16.4 Å². The van der Waals surface area contributed by atoms with E-state index in [9.17, 15) is 8.42 Å². The summed E-state index contributed by atoms with van der Waals surface area (Å²) in [7, 11) is -3.01. The number of benzene rings is 1. The second-order valence-corrected chi connectivity index (χ2v) is 8.90. The van der Waals surface area contributed by atoms with Gasteiger partial charge in [0.25, 0.3) is 0 Å². The molecule has 1 fully saturated rings. The third-order valence-electron chi connectivity index (χ3n) is 3.96. The van der Waals surface area contributed by atoms with E-state index in [-0.39, 0.29) is 16.4 Å². The van der Waals surface area contributed by atoms with E-state index in [1.165, 1.54) is 0 Å². The summed E-state index contributed by atoms with van der Waals surface area (Å²) in [5.74, 6) is 0.943. The molecule has 0 saturated carbocycles. The van der Waals surface area contributed by atoms with E-state index in [0.717, 1.165) is 11.9 Å². The first-order valence-corrected chi connectivity index (χ1v) is 9.43. The van der Waals surface area contributed by atoms with Gasteiger partial charge in [-0.15, -0.1) is 11.6 Å². The zero-order chi connectivity index (χ0) is 15.2. The Labute approximate surface area is 134 Å². The molecule has 2 aromatic rings. The summed E-state index contributed by atoms with van der Waals surface area (Å²) in [5.41, 5.74) is 1.52. The van der Waals surface area contributed by atoms with Gasteiger partial charge in [0.15, 0.2) is 9.84 Å². The van der Waals surface area contributed by atoms with E-state index in [1.54, 1.807) is 6.07 Å². The van der Waals surface area contributed by atoms with Crippen molar-refractivity contribution in [1.82, 2.24) is 9.55 Å². The van der Waals surface area contributed by atoms with Gasteiger partial charge in [0, 0.05) is 6.54 Å². The normalized spacial score (nSPS) is 22.7. The Morgan fingerprint density at radius 3 is 2.86 bits per heavy atom. The Morgan fingerprint density at radius 2 is 2.24 bits per heavy atom. The van der Waals surface area contributed by atoms with Crippen molar-refractivity contribution in [3.05, 3.63) is 29.0 Å². The summed E-state index contributed by atoms with van der Waals surface area (Å²) in [6.45, 7) is 2.22. The molecule has 0 spiro atoms. The number of nitrogens with zero attached hydrogens (tertiary/aromatic N) is 2. The second kappa shape index (κ2) is 5.45. The number of imidazole rings is 1. The maximum Gasteiger partial charge on any atom is 0.154 e. The van der Waals surface area contributed by atoms with Crippen molar-refractivity contribution in [2.75, 3.05) is 5.75 Å². The first kappa shape index (κ1) is 15.1. The van der Waals surface area contributed by atoms with Crippen molar-refractivity contribution in [1.29, 1.82) is 0 Å². The molecule has 3 rings (SSSR count). The summed E-state index contributed by atoms with van der Waals surface area (Å²) < 4.78 is 26.1. The molecule has 0 amide bonds. The van der Waals surface area contributed by atoms with Gasteiger partial charge < -0.3 is 4.57 Å². The molecule has 114 valence electrons. The minimum Gasteiger partial charge on any atom is -0.325 e. The fourth-order valence-corrected chi connectivity index (χ4v) is 5.08. The molecular weight excluding hydrogens is 331 g/mol.